The molecule has 0 saturated carbocycles. The second-order valence-electron chi connectivity index (χ2n) is 7.55. The van der Waals surface area contributed by atoms with Crippen LogP contribution >= 0.6 is 22.7 Å². The third kappa shape index (κ3) is 11.3. The SMILES string of the molecule is COS[Si](C)(O[Si](C)(C)O[Si](C)(C)C)O[Si](C)(O[Si](C)(C)O)SC. The van der Waals surface area contributed by atoms with Gasteiger partial charge in [0, 0.05) is 18.6 Å². The van der Waals surface area contributed by atoms with Gasteiger partial charge in [0.05, 0.1) is 0 Å². The van der Waals surface area contributed by atoms with Gasteiger partial charge in [-0.3, -0.25) is 0 Å². The minimum atomic E-state index is -2.76. The second kappa shape index (κ2) is 9.16. The van der Waals surface area contributed by atoms with Crippen LogP contribution < -0.4 is 0 Å². The fourth-order valence-corrected chi connectivity index (χ4v) is 31.0. The molecule has 2 atom stereocenters. The van der Waals surface area contributed by atoms with Crippen LogP contribution in [-0.2, 0) is 20.6 Å². The van der Waals surface area contributed by atoms with Crippen molar-refractivity contribution >= 4 is 63.6 Å². The first kappa shape index (κ1) is 25.5. The highest BCUT2D eigenvalue weighted by Crippen LogP contribution is 2.36. The van der Waals surface area contributed by atoms with Crippen molar-refractivity contribution in [2.75, 3.05) is 13.4 Å². The quantitative estimate of drug-likeness (QED) is 0.361. The number of hydrogen-bond donors (Lipinski definition) is 1. The Morgan fingerprint density at radius 2 is 1.21 bits per heavy atom. The molecule has 1 N–H and O–H groups in total. The molecule has 0 saturated heterocycles. The lowest BCUT2D eigenvalue weighted by Gasteiger charge is -2.41. The maximum atomic E-state index is 10.2. The molecule has 0 aliphatic rings. The summed E-state index contributed by atoms with van der Waals surface area (Å²) in [6, 6.07) is 0. The summed E-state index contributed by atoms with van der Waals surface area (Å²) in [5, 5.41) is 0. The Morgan fingerprint density at radius 3 is 1.54 bits per heavy atom. The molecule has 0 aromatic heterocycles. The maximum absolute atomic E-state index is 10.2. The largest absolute Gasteiger partial charge is 0.437 e. The van der Waals surface area contributed by atoms with Gasteiger partial charge in [-0.15, -0.1) is 11.2 Å². The van der Waals surface area contributed by atoms with Crippen molar-refractivity contribution in [3.63, 3.8) is 0 Å². The minimum absolute atomic E-state index is 1.24. The Hall–Kier alpha value is 1.54. The van der Waals surface area contributed by atoms with E-state index in [2.05, 4.69) is 19.6 Å². The van der Waals surface area contributed by atoms with Crippen molar-refractivity contribution in [3.8, 4) is 0 Å². The lowest BCUT2D eigenvalue weighted by Crippen LogP contribution is -2.58. The normalized spacial score (nSPS) is 19.0. The molecule has 0 aromatic carbocycles. The van der Waals surface area contributed by atoms with Crippen molar-refractivity contribution in [2.45, 2.75) is 58.9 Å². The smallest absolute Gasteiger partial charge is 0.413 e. The Kier molecular flexibility index (Phi) is 9.75. The van der Waals surface area contributed by atoms with Crippen molar-refractivity contribution < 1.29 is 25.4 Å². The van der Waals surface area contributed by atoms with E-state index in [1.165, 1.54) is 22.7 Å². The predicted molar refractivity (Wildman–Crippen MR) is 116 cm³/mol. The predicted octanol–water partition coefficient (Wildman–Crippen LogP) is 4.08. The molecular formula is C11H34O6S2Si5. The molecule has 6 nitrogen and oxygen atoms in total. The summed E-state index contributed by atoms with van der Waals surface area (Å²) in [6.07, 6.45) is 1.94. The van der Waals surface area contributed by atoms with Crippen LogP contribution in [0.1, 0.15) is 0 Å². The molecule has 24 heavy (non-hydrogen) atoms. The van der Waals surface area contributed by atoms with Crippen molar-refractivity contribution in [1.82, 2.24) is 0 Å². The summed E-state index contributed by atoms with van der Waals surface area (Å²) in [5.41, 5.74) is 0. The third-order valence-electron chi connectivity index (χ3n) is 2.39. The molecule has 0 radical (unpaired) electrons. The molecule has 0 aliphatic heterocycles. The average molecular weight is 467 g/mol. The molecule has 146 valence electrons. The summed E-state index contributed by atoms with van der Waals surface area (Å²) in [6.45, 7) is 17.9. The topological polar surface area (TPSA) is 66.4 Å². The van der Waals surface area contributed by atoms with E-state index >= 15 is 0 Å². The van der Waals surface area contributed by atoms with Gasteiger partial charge in [0.1, 0.15) is 0 Å². The molecular weight excluding hydrogens is 433 g/mol. The van der Waals surface area contributed by atoms with E-state index < -0.39 is 40.9 Å². The van der Waals surface area contributed by atoms with Gasteiger partial charge in [-0.2, -0.15) is 0 Å². The fourth-order valence-electron chi connectivity index (χ4n) is 2.31. The summed E-state index contributed by atoms with van der Waals surface area (Å²) in [5.74, 6) is 0. The monoisotopic (exact) mass is 466 g/mol. The van der Waals surface area contributed by atoms with E-state index in [0.717, 1.165) is 0 Å². The van der Waals surface area contributed by atoms with Gasteiger partial charge in [-0.05, 0) is 65.2 Å². The van der Waals surface area contributed by atoms with Crippen LogP contribution in [0.15, 0.2) is 0 Å². The van der Waals surface area contributed by atoms with E-state index in [9.17, 15) is 4.80 Å². The van der Waals surface area contributed by atoms with E-state index in [1.807, 2.05) is 32.4 Å². The average Bonchev–Trinajstić information content (AvgIpc) is 2.20. The summed E-state index contributed by atoms with van der Waals surface area (Å²) in [7, 11) is -10.6. The lowest BCUT2D eigenvalue weighted by atomic mass is 11.8. The van der Waals surface area contributed by atoms with Crippen LogP contribution in [0.3, 0.4) is 0 Å². The molecule has 13 heteroatoms. The highest BCUT2D eigenvalue weighted by Gasteiger charge is 2.51. The molecule has 0 heterocycles. The minimum Gasteiger partial charge on any atom is -0.437 e. The van der Waals surface area contributed by atoms with Gasteiger partial charge < -0.3 is 25.4 Å². The molecule has 0 spiro atoms. The summed E-state index contributed by atoms with van der Waals surface area (Å²) < 4.78 is 30.4. The fraction of sp³-hybridized carbons (Fsp3) is 1.00. The highest BCUT2D eigenvalue weighted by molar-refractivity contribution is 8.28. The van der Waals surface area contributed by atoms with Crippen molar-refractivity contribution in [1.29, 1.82) is 0 Å². The van der Waals surface area contributed by atoms with Gasteiger partial charge in [-0.25, -0.2) is 0 Å². The lowest BCUT2D eigenvalue weighted by molar-refractivity contribution is 0.299. The van der Waals surface area contributed by atoms with Crippen LogP contribution in [0.2, 0.25) is 58.9 Å². The molecule has 0 aliphatic carbocycles. The van der Waals surface area contributed by atoms with Crippen LogP contribution in [0.4, 0.5) is 0 Å². The summed E-state index contributed by atoms with van der Waals surface area (Å²) >= 11 is 2.77. The van der Waals surface area contributed by atoms with Gasteiger partial charge in [0.15, 0.2) is 8.32 Å². The van der Waals surface area contributed by atoms with Crippen molar-refractivity contribution in [3.05, 3.63) is 0 Å². The zero-order chi connectivity index (χ0) is 19.4. The first-order valence-corrected chi connectivity index (χ1v) is 24.9. The first-order chi connectivity index (χ1) is 10.4. The summed E-state index contributed by atoms with van der Waals surface area (Å²) in [4.78, 5) is 10.2. The molecule has 0 aromatic rings. The van der Waals surface area contributed by atoms with Gasteiger partial charge in [0.2, 0.25) is 0 Å². The van der Waals surface area contributed by atoms with Crippen LogP contribution in [-0.4, -0.2) is 59.0 Å². The Bertz CT molecular complexity index is 405. The Balaban J connectivity index is 5.35. The van der Waals surface area contributed by atoms with Gasteiger partial charge in [-0.1, -0.05) is 0 Å². The Labute approximate surface area is 161 Å². The zero-order valence-electron chi connectivity index (χ0n) is 16.8. The van der Waals surface area contributed by atoms with E-state index in [4.69, 9.17) is 20.6 Å². The first-order valence-electron chi connectivity index (χ1n) is 7.75. The van der Waals surface area contributed by atoms with Crippen LogP contribution in [0.25, 0.3) is 0 Å². The zero-order valence-corrected chi connectivity index (χ0v) is 23.4. The molecule has 2 unspecified atom stereocenters. The molecule has 0 fully saturated rings. The van der Waals surface area contributed by atoms with Gasteiger partial charge >= 0.3 is 32.5 Å². The van der Waals surface area contributed by atoms with Crippen molar-refractivity contribution in [2.24, 2.45) is 0 Å². The maximum Gasteiger partial charge on any atom is 0.413 e. The Morgan fingerprint density at radius 1 is 0.708 bits per heavy atom. The van der Waals surface area contributed by atoms with E-state index in [1.54, 1.807) is 20.2 Å². The van der Waals surface area contributed by atoms with E-state index in [0.29, 0.717) is 0 Å². The number of rotatable bonds is 11. The van der Waals surface area contributed by atoms with Crippen LogP contribution in [0, 0.1) is 0 Å². The number of hydrogen-bond acceptors (Lipinski definition) is 8. The second-order valence-corrected chi connectivity index (χ2v) is 31.3. The van der Waals surface area contributed by atoms with E-state index in [-0.39, 0.29) is 0 Å². The standard InChI is InChI=1S/C11H34O6S2Si5/c1-13-19-24(11,16-22(8,9)14-20(3,4)5)17-23(10,18-2)15-21(6,7)12/h12H,1-11H3. The van der Waals surface area contributed by atoms with Gasteiger partial charge in [0.25, 0.3) is 0 Å². The van der Waals surface area contributed by atoms with Crippen LogP contribution in [0.5, 0.6) is 0 Å². The molecule has 0 rings (SSSR count). The highest BCUT2D eigenvalue weighted by atomic mass is 32.4. The third-order valence-corrected chi connectivity index (χ3v) is 24.6. The molecule has 0 amide bonds. The molecule has 0 bridgehead atoms.